The second kappa shape index (κ2) is 8.07. The summed E-state index contributed by atoms with van der Waals surface area (Å²) in [6, 6.07) is 20.6. The average Bonchev–Trinajstić information content (AvgIpc) is 2.99. The maximum atomic E-state index is 14.5. The Morgan fingerprint density at radius 3 is 2.10 bits per heavy atom. The van der Waals surface area contributed by atoms with Crippen LogP contribution in [0.2, 0.25) is 0 Å². The SMILES string of the molecule is Cc1ccc(C2=C(Nc3ccc(N(C)C)cc3)C(=O)N(c3ccccc3F)C2=O)cc1. The molecule has 3 aromatic rings. The van der Waals surface area contributed by atoms with Crippen LogP contribution < -0.4 is 15.1 Å². The van der Waals surface area contributed by atoms with E-state index < -0.39 is 17.6 Å². The fraction of sp³-hybridized carbons (Fsp3) is 0.120. The largest absolute Gasteiger partial charge is 0.378 e. The van der Waals surface area contributed by atoms with Crippen molar-refractivity contribution in [2.45, 2.75) is 6.92 Å². The van der Waals surface area contributed by atoms with E-state index in [1.54, 1.807) is 18.2 Å². The Labute approximate surface area is 180 Å². The first-order chi connectivity index (χ1) is 14.9. The number of halogens is 1. The molecule has 0 aliphatic carbocycles. The molecule has 2 amide bonds. The van der Waals surface area contributed by atoms with Gasteiger partial charge in [0.2, 0.25) is 0 Å². The van der Waals surface area contributed by atoms with E-state index in [2.05, 4.69) is 5.32 Å². The number of hydrogen-bond acceptors (Lipinski definition) is 4. The van der Waals surface area contributed by atoms with Gasteiger partial charge in [-0.3, -0.25) is 9.59 Å². The molecule has 0 atom stereocenters. The maximum absolute atomic E-state index is 14.5. The molecule has 156 valence electrons. The lowest BCUT2D eigenvalue weighted by molar-refractivity contribution is -0.120. The first-order valence-corrected chi connectivity index (χ1v) is 9.86. The van der Waals surface area contributed by atoms with Gasteiger partial charge in [-0.15, -0.1) is 0 Å². The molecule has 1 heterocycles. The molecule has 31 heavy (non-hydrogen) atoms. The lowest BCUT2D eigenvalue weighted by Gasteiger charge is -2.16. The molecule has 0 radical (unpaired) electrons. The highest BCUT2D eigenvalue weighted by molar-refractivity contribution is 6.46. The molecular weight excluding hydrogens is 393 g/mol. The number of benzene rings is 3. The minimum absolute atomic E-state index is 0.0677. The van der Waals surface area contributed by atoms with Gasteiger partial charge < -0.3 is 10.2 Å². The van der Waals surface area contributed by atoms with Crippen LogP contribution in [0, 0.1) is 12.7 Å². The highest BCUT2D eigenvalue weighted by Crippen LogP contribution is 2.35. The summed E-state index contributed by atoms with van der Waals surface area (Å²) >= 11 is 0. The molecule has 0 aromatic heterocycles. The third-order valence-corrected chi connectivity index (χ3v) is 5.17. The fourth-order valence-corrected chi connectivity index (χ4v) is 3.47. The zero-order chi connectivity index (χ0) is 22.1. The minimum Gasteiger partial charge on any atom is -0.378 e. The highest BCUT2D eigenvalue weighted by atomic mass is 19.1. The molecule has 4 rings (SSSR count). The summed E-state index contributed by atoms with van der Waals surface area (Å²) < 4.78 is 14.5. The van der Waals surface area contributed by atoms with Gasteiger partial charge in [-0.05, 0) is 48.9 Å². The summed E-state index contributed by atoms with van der Waals surface area (Å²) in [5.41, 5.74) is 3.54. The molecule has 0 fully saturated rings. The van der Waals surface area contributed by atoms with Crippen LogP contribution in [-0.2, 0) is 9.59 Å². The van der Waals surface area contributed by atoms with Crippen molar-refractivity contribution in [2.75, 3.05) is 29.2 Å². The predicted molar refractivity (Wildman–Crippen MR) is 121 cm³/mol. The van der Waals surface area contributed by atoms with Gasteiger partial charge in [0.25, 0.3) is 11.8 Å². The van der Waals surface area contributed by atoms with E-state index in [9.17, 15) is 14.0 Å². The molecular formula is C25H22FN3O2. The van der Waals surface area contributed by atoms with Crippen molar-refractivity contribution in [1.29, 1.82) is 0 Å². The van der Waals surface area contributed by atoms with Crippen LogP contribution in [0.25, 0.3) is 5.57 Å². The number of amides is 2. The van der Waals surface area contributed by atoms with Gasteiger partial charge >= 0.3 is 0 Å². The molecule has 0 unspecified atom stereocenters. The third kappa shape index (κ3) is 3.80. The number of carbonyl (C=O) groups excluding carboxylic acids is 2. The first-order valence-electron chi connectivity index (χ1n) is 9.86. The van der Waals surface area contributed by atoms with Crippen molar-refractivity contribution >= 4 is 34.4 Å². The third-order valence-electron chi connectivity index (χ3n) is 5.17. The van der Waals surface area contributed by atoms with Crippen molar-refractivity contribution < 1.29 is 14.0 Å². The van der Waals surface area contributed by atoms with Crippen molar-refractivity contribution in [3.8, 4) is 0 Å². The Hall–Kier alpha value is -3.93. The molecule has 3 aromatic carbocycles. The number of carbonyl (C=O) groups is 2. The Morgan fingerprint density at radius 1 is 0.839 bits per heavy atom. The normalized spacial score (nSPS) is 13.7. The summed E-state index contributed by atoms with van der Waals surface area (Å²) in [6.07, 6.45) is 0. The topological polar surface area (TPSA) is 52.7 Å². The first kappa shape index (κ1) is 20.3. The molecule has 0 spiro atoms. The van der Waals surface area contributed by atoms with Gasteiger partial charge in [-0.2, -0.15) is 0 Å². The van der Waals surface area contributed by atoms with E-state index in [1.165, 1.54) is 18.2 Å². The van der Waals surface area contributed by atoms with E-state index in [-0.39, 0.29) is 17.0 Å². The number of para-hydroxylation sites is 1. The quantitative estimate of drug-likeness (QED) is 0.619. The fourth-order valence-electron chi connectivity index (χ4n) is 3.47. The molecule has 6 heteroatoms. The van der Waals surface area contributed by atoms with Gasteiger partial charge in [-0.1, -0.05) is 42.0 Å². The zero-order valence-electron chi connectivity index (χ0n) is 17.5. The van der Waals surface area contributed by atoms with Crippen molar-refractivity contribution in [3.05, 3.63) is 95.4 Å². The Balaban J connectivity index is 1.79. The van der Waals surface area contributed by atoms with E-state index in [1.807, 2.05) is 62.3 Å². The monoisotopic (exact) mass is 415 g/mol. The molecule has 0 saturated heterocycles. The van der Waals surface area contributed by atoms with Crippen LogP contribution in [0.15, 0.2) is 78.5 Å². The van der Waals surface area contributed by atoms with Crippen LogP contribution in [0.3, 0.4) is 0 Å². The maximum Gasteiger partial charge on any atom is 0.282 e. The Bertz CT molecular complexity index is 1180. The standard InChI is InChI=1S/C25H22FN3O2/c1-16-8-10-17(11-9-16)22-23(27-18-12-14-19(15-13-18)28(2)3)25(31)29(24(22)30)21-7-5-4-6-20(21)26/h4-15,27H,1-3H3. The molecule has 1 aliphatic heterocycles. The summed E-state index contributed by atoms with van der Waals surface area (Å²) in [4.78, 5) is 29.5. The van der Waals surface area contributed by atoms with Gasteiger partial charge in [0.15, 0.2) is 0 Å². The highest BCUT2D eigenvalue weighted by Gasteiger charge is 2.41. The number of aryl methyl sites for hydroxylation is 1. The Kier molecular flexibility index (Phi) is 5.29. The van der Waals surface area contributed by atoms with Gasteiger partial charge in [0, 0.05) is 25.5 Å². The Morgan fingerprint density at radius 2 is 1.48 bits per heavy atom. The van der Waals surface area contributed by atoms with Crippen LogP contribution in [-0.4, -0.2) is 25.9 Å². The van der Waals surface area contributed by atoms with Crippen molar-refractivity contribution in [3.63, 3.8) is 0 Å². The van der Waals surface area contributed by atoms with Gasteiger partial charge in [0.1, 0.15) is 11.5 Å². The van der Waals surface area contributed by atoms with Gasteiger partial charge in [-0.25, -0.2) is 9.29 Å². The minimum atomic E-state index is -0.635. The zero-order valence-corrected chi connectivity index (χ0v) is 17.5. The van der Waals surface area contributed by atoms with Crippen LogP contribution >= 0.6 is 0 Å². The number of rotatable bonds is 5. The van der Waals surface area contributed by atoms with E-state index in [0.29, 0.717) is 11.3 Å². The number of nitrogens with one attached hydrogen (secondary N) is 1. The van der Waals surface area contributed by atoms with E-state index >= 15 is 0 Å². The summed E-state index contributed by atoms with van der Waals surface area (Å²) in [5.74, 6) is -1.79. The second-order valence-corrected chi connectivity index (χ2v) is 7.58. The summed E-state index contributed by atoms with van der Waals surface area (Å²) in [5, 5.41) is 3.10. The second-order valence-electron chi connectivity index (χ2n) is 7.58. The number of hydrogen-bond donors (Lipinski definition) is 1. The number of nitrogens with zero attached hydrogens (tertiary/aromatic N) is 2. The lowest BCUT2D eigenvalue weighted by atomic mass is 10.0. The smallest absolute Gasteiger partial charge is 0.282 e. The lowest BCUT2D eigenvalue weighted by Crippen LogP contribution is -2.33. The summed E-state index contributed by atoms with van der Waals surface area (Å²) in [6.45, 7) is 1.94. The van der Waals surface area contributed by atoms with Crippen LogP contribution in [0.4, 0.5) is 21.5 Å². The number of anilines is 3. The van der Waals surface area contributed by atoms with Crippen molar-refractivity contribution in [2.24, 2.45) is 0 Å². The average molecular weight is 415 g/mol. The molecule has 0 bridgehead atoms. The summed E-state index contributed by atoms with van der Waals surface area (Å²) in [7, 11) is 3.87. The van der Waals surface area contributed by atoms with Crippen LogP contribution in [0.5, 0.6) is 0 Å². The predicted octanol–water partition coefficient (Wildman–Crippen LogP) is 4.60. The van der Waals surface area contributed by atoms with E-state index in [4.69, 9.17) is 0 Å². The molecule has 1 aliphatic rings. The van der Waals surface area contributed by atoms with Gasteiger partial charge in [0.05, 0.1) is 11.3 Å². The molecule has 5 nitrogen and oxygen atoms in total. The molecule has 1 N–H and O–H groups in total. The van der Waals surface area contributed by atoms with E-state index in [0.717, 1.165) is 16.2 Å². The molecule has 0 saturated carbocycles. The van der Waals surface area contributed by atoms with Crippen molar-refractivity contribution in [1.82, 2.24) is 0 Å². The number of imide groups is 1. The van der Waals surface area contributed by atoms with Crippen LogP contribution in [0.1, 0.15) is 11.1 Å².